The van der Waals surface area contributed by atoms with E-state index >= 15 is 0 Å². The van der Waals surface area contributed by atoms with E-state index in [2.05, 4.69) is 45.9 Å². The van der Waals surface area contributed by atoms with Crippen molar-refractivity contribution >= 4 is 5.69 Å². The molecule has 4 rings (SSSR count). The largest absolute Gasteiger partial charge is 0.379 e. The number of anilines is 1. The van der Waals surface area contributed by atoms with Gasteiger partial charge in [0.15, 0.2) is 0 Å². The maximum atomic E-state index is 4.46. The molecule has 5 heteroatoms. The molecule has 0 aliphatic carbocycles. The number of para-hydroxylation sites is 2. The number of hydrogen-bond donors (Lipinski definition) is 1. The predicted molar refractivity (Wildman–Crippen MR) is 98.7 cm³/mol. The Morgan fingerprint density at radius 3 is 2.60 bits per heavy atom. The quantitative estimate of drug-likeness (QED) is 0.586. The lowest BCUT2D eigenvalue weighted by Gasteiger charge is -2.11. The van der Waals surface area contributed by atoms with Crippen molar-refractivity contribution in [2.24, 2.45) is 0 Å². The lowest BCUT2D eigenvalue weighted by molar-refractivity contribution is 0.686. The molecule has 0 spiro atoms. The van der Waals surface area contributed by atoms with Gasteiger partial charge in [0.05, 0.1) is 30.4 Å². The van der Waals surface area contributed by atoms with Crippen LogP contribution in [0.5, 0.6) is 0 Å². The van der Waals surface area contributed by atoms with Crippen molar-refractivity contribution in [1.29, 1.82) is 0 Å². The van der Waals surface area contributed by atoms with E-state index in [1.54, 1.807) is 12.5 Å². The summed E-state index contributed by atoms with van der Waals surface area (Å²) in [5.41, 5.74) is 4.54. The van der Waals surface area contributed by atoms with E-state index < -0.39 is 0 Å². The average Bonchev–Trinajstić information content (AvgIpc) is 3.33. The summed E-state index contributed by atoms with van der Waals surface area (Å²) in [6.45, 7) is 1.51. The smallest absolute Gasteiger partial charge is 0.0992 e. The summed E-state index contributed by atoms with van der Waals surface area (Å²) in [5.74, 6) is 0. The second-order valence-corrected chi connectivity index (χ2v) is 5.87. The number of rotatable bonds is 6. The van der Waals surface area contributed by atoms with Crippen LogP contribution in [0.25, 0.3) is 5.69 Å². The molecule has 4 aromatic rings. The Kier molecular flexibility index (Phi) is 4.29. The van der Waals surface area contributed by atoms with Gasteiger partial charge in [-0.05, 0) is 17.7 Å². The van der Waals surface area contributed by atoms with Crippen molar-refractivity contribution in [3.8, 4) is 5.69 Å². The van der Waals surface area contributed by atoms with Crippen LogP contribution in [0.1, 0.15) is 11.1 Å². The van der Waals surface area contributed by atoms with Gasteiger partial charge in [-0.3, -0.25) is 4.68 Å². The minimum Gasteiger partial charge on any atom is -0.379 e. The van der Waals surface area contributed by atoms with Crippen LogP contribution in [-0.2, 0) is 13.1 Å². The SMILES string of the molecule is c1ccc(Cn2cc(CNc3ccccc3-n3ccnc3)cn2)cc1. The van der Waals surface area contributed by atoms with Crippen LogP contribution in [0.15, 0.2) is 85.7 Å². The van der Waals surface area contributed by atoms with Crippen molar-refractivity contribution in [2.45, 2.75) is 13.1 Å². The van der Waals surface area contributed by atoms with Gasteiger partial charge >= 0.3 is 0 Å². The molecule has 2 aromatic carbocycles. The van der Waals surface area contributed by atoms with E-state index in [4.69, 9.17) is 0 Å². The fourth-order valence-electron chi connectivity index (χ4n) is 2.80. The summed E-state index contributed by atoms with van der Waals surface area (Å²) in [7, 11) is 0. The van der Waals surface area contributed by atoms with Crippen molar-refractivity contribution in [1.82, 2.24) is 19.3 Å². The number of aromatic nitrogens is 4. The van der Waals surface area contributed by atoms with Gasteiger partial charge in [-0.2, -0.15) is 5.10 Å². The van der Waals surface area contributed by atoms with Crippen LogP contribution < -0.4 is 5.32 Å². The molecule has 0 saturated heterocycles. The molecule has 25 heavy (non-hydrogen) atoms. The molecule has 0 aliphatic heterocycles. The summed E-state index contributed by atoms with van der Waals surface area (Å²) in [6.07, 6.45) is 9.52. The number of nitrogens with zero attached hydrogens (tertiary/aromatic N) is 4. The molecule has 0 bridgehead atoms. The molecular formula is C20H19N5. The number of nitrogens with one attached hydrogen (secondary N) is 1. The Bertz CT molecular complexity index is 926. The molecule has 124 valence electrons. The third kappa shape index (κ3) is 3.61. The lowest BCUT2D eigenvalue weighted by atomic mass is 10.2. The number of benzene rings is 2. The van der Waals surface area contributed by atoms with E-state index in [9.17, 15) is 0 Å². The van der Waals surface area contributed by atoms with Crippen molar-refractivity contribution in [3.63, 3.8) is 0 Å². The number of imidazole rings is 1. The Balaban J connectivity index is 1.44. The maximum absolute atomic E-state index is 4.46. The minimum absolute atomic E-state index is 0.723. The minimum atomic E-state index is 0.723. The zero-order chi connectivity index (χ0) is 16.9. The van der Waals surface area contributed by atoms with Crippen molar-refractivity contribution < 1.29 is 0 Å². The molecule has 2 aromatic heterocycles. The standard InChI is InChI=1S/C20H19N5/c1-2-6-17(7-3-1)14-25-15-18(13-23-25)12-22-19-8-4-5-9-20(19)24-11-10-21-16-24/h1-11,13,15-16,22H,12,14H2. The lowest BCUT2D eigenvalue weighted by Crippen LogP contribution is -2.03. The van der Waals surface area contributed by atoms with Crippen LogP contribution in [-0.4, -0.2) is 19.3 Å². The summed E-state index contributed by atoms with van der Waals surface area (Å²) in [5, 5.41) is 7.95. The van der Waals surface area contributed by atoms with Gasteiger partial charge in [-0.25, -0.2) is 4.98 Å². The molecule has 0 aliphatic rings. The van der Waals surface area contributed by atoms with Gasteiger partial charge in [-0.15, -0.1) is 0 Å². The normalized spacial score (nSPS) is 10.7. The van der Waals surface area contributed by atoms with E-state index in [1.165, 1.54) is 5.56 Å². The Morgan fingerprint density at radius 1 is 0.920 bits per heavy atom. The summed E-state index contributed by atoms with van der Waals surface area (Å²) in [6, 6.07) is 18.6. The van der Waals surface area contributed by atoms with Gasteiger partial charge in [0, 0.05) is 30.7 Å². The highest BCUT2D eigenvalue weighted by atomic mass is 15.3. The van der Waals surface area contributed by atoms with E-state index in [1.807, 2.05) is 52.0 Å². The van der Waals surface area contributed by atoms with Crippen LogP contribution >= 0.6 is 0 Å². The summed E-state index contributed by atoms with van der Waals surface area (Å²) in [4.78, 5) is 4.12. The first kappa shape index (κ1) is 15.2. The second-order valence-electron chi connectivity index (χ2n) is 5.87. The average molecular weight is 329 g/mol. The summed E-state index contributed by atoms with van der Waals surface area (Å²) < 4.78 is 3.97. The van der Waals surface area contributed by atoms with Gasteiger partial charge < -0.3 is 9.88 Å². The Hall–Kier alpha value is -3.34. The monoisotopic (exact) mass is 329 g/mol. The number of hydrogen-bond acceptors (Lipinski definition) is 3. The second kappa shape index (κ2) is 7.05. The molecule has 0 fully saturated rings. The molecule has 5 nitrogen and oxygen atoms in total. The van der Waals surface area contributed by atoms with E-state index in [-0.39, 0.29) is 0 Å². The van der Waals surface area contributed by atoms with Crippen LogP contribution in [0.3, 0.4) is 0 Å². The fourth-order valence-corrected chi connectivity index (χ4v) is 2.80. The molecule has 0 unspecified atom stereocenters. The van der Waals surface area contributed by atoms with E-state index in [0.717, 1.165) is 30.0 Å². The molecule has 1 N–H and O–H groups in total. The van der Waals surface area contributed by atoms with Gasteiger partial charge in [0.1, 0.15) is 0 Å². The predicted octanol–water partition coefficient (Wildman–Crippen LogP) is 3.73. The molecule has 2 heterocycles. The molecule has 0 saturated carbocycles. The van der Waals surface area contributed by atoms with Crippen LogP contribution in [0.4, 0.5) is 5.69 Å². The Morgan fingerprint density at radius 2 is 1.76 bits per heavy atom. The first-order valence-corrected chi connectivity index (χ1v) is 8.25. The zero-order valence-electron chi connectivity index (χ0n) is 13.8. The molecule has 0 radical (unpaired) electrons. The third-order valence-corrected chi connectivity index (χ3v) is 4.04. The highest BCUT2D eigenvalue weighted by Crippen LogP contribution is 2.20. The molecular weight excluding hydrogens is 310 g/mol. The third-order valence-electron chi connectivity index (χ3n) is 4.04. The Labute approximate surface area is 146 Å². The molecule has 0 atom stereocenters. The highest BCUT2D eigenvalue weighted by molar-refractivity contribution is 5.61. The van der Waals surface area contributed by atoms with Crippen molar-refractivity contribution in [3.05, 3.63) is 96.8 Å². The topological polar surface area (TPSA) is 47.7 Å². The first-order valence-electron chi connectivity index (χ1n) is 8.25. The van der Waals surface area contributed by atoms with Crippen molar-refractivity contribution in [2.75, 3.05) is 5.32 Å². The van der Waals surface area contributed by atoms with Crippen LogP contribution in [0.2, 0.25) is 0 Å². The maximum Gasteiger partial charge on any atom is 0.0992 e. The zero-order valence-corrected chi connectivity index (χ0v) is 13.8. The van der Waals surface area contributed by atoms with Gasteiger partial charge in [-0.1, -0.05) is 42.5 Å². The van der Waals surface area contributed by atoms with Gasteiger partial charge in [0.2, 0.25) is 0 Å². The first-order chi connectivity index (χ1) is 12.4. The molecule has 0 amide bonds. The van der Waals surface area contributed by atoms with Gasteiger partial charge in [0.25, 0.3) is 0 Å². The fraction of sp³-hybridized carbons (Fsp3) is 0.100. The highest BCUT2D eigenvalue weighted by Gasteiger charge is 2.05. The van der Waals surface area contributed by atoms with E-state index in [0.29, 0.717) is 0 Å². The summed E-state index contributed by atoms with van der Waals surface area (Å²) >= 11 is 0. The van der Waals surface area contributed by atoms with Crippen LogP contribution in [0, 0.1) is 0 Å².